The first-order chi connectivity index (χ1) is 28.7. The summed E-state index contributed by atoms with van der Waals surface area (Å²) < 4.78 is 232. The fourth-order valence-electron chi connectivity index (χ4n) is 5.83. The number of benzene rings is 6. The van der Waals surface area contributed by atoms with Gasteiger partial charge in [-0.15, -0.1) is 0 Å². The second kappa shape index (κ2) is 17.0. The Morgan fingerprint density at radius 3 is 0.721 bits per heavy atom. The number of hydrogen-bond acceptors (Lipinski definition) is 6. The molecule has 0 saturated heterocycles. The molecular weight excluding hydrogens is 860 g/mol. The minimum Gasteiger partial charge on any atom is -0.508 e. The van der Waals surface area contributed by atoms with E-state index in [1.165, 1.54) is 0 Å². The summed E-state index contributed by atoms with van der Waals surface area (Å²) in [7, 11) is -2.51. The molecule has 0 bridgehead atoms. The Kier molecular flexibility index (Phi) is 12.2. The molecule has 6 rings (SSSR count). The fraction of sp³-hybridized carbons (Fsp3) is 0.0769. The van der Waals surface area contributed by atoms with E-state index < -0.39 is 182 Å². The van der Waals surface area contributed by atoms with Gasteiger partial charge in [-0.2, -0.15) is 0 Å². The minimum absolute atomic E-state index is 0.597. The summed E-state index contributed by atoms with van der Waals surface area (Å²) in [5, 5.41) is 30.5. The van der Waals surface area contributed by atoms with E-state index >= 15 is 0 Å². The van der Waals surface area contributed by atoms with Crippen LogP contribution in [-0.4, -0.2) is 22.6 Å². The standard InChI is InChI=1S/C39H18BF15O6/c41-25-19(26(42)32(48)37(53)31(25)47)10-13-7-16(56)1-4-22(13)59-40(60-23-5-2-17(57)8-14(23)11-20-27(43)33(49)38(54)34(50)28(20)44)61-24-6-3-18(58)9-15(24)12-21-29(45)35(51)39(55)36(52)30(21)46/h1-9,56-58H,10-12H2. The van der Waals surface area contributed by atoms with Crippen molar-refractivity contribution in [3.63, 3.8) is 0 Å². The molecule has 0 aliphatic carbocycles. The van der Waals surface area contributed by atoms with Crippen LogP contribution in [-0.2, 0) is 19.3 Å². The quantitative estimate of drug-likeness (QED) is 0.0491. The van der Waals surface area contributed by atoms with Gasteiger partial charge >= 0.3 is 7.32 Å². The third-order valence-corrected chi connectivity index (χ3v) is 8.81. The van der Waals surface area contributed by atoms with E-state index in [1.807, 2.05) is 0 Å². The van der Waals surface area contributed by atoms with Crippen LogP contribution in [0.15, 0.2) is 54.6 Å². The molecule has 0 saturated carbocycles. The molecule has 6 aromatic rings. The predicted octanol–water partition coefficient (Wildman–Crippen LogP) is 10.2. The molecule has 22 heteroatoms. The Labute approximate surface area is 331 Å². The second-order valence-corrected chi connectivity index (χ2v) is 12.7. The number of halogens is 15. The van der Waals surface area contributed by atoms with Crippen LogP contribution in [0.4, 0.5) is 65.9 Å². The van der Waals surface area contributed by atoms with E-state index in [0.29, 0.717) is 18.2 Å². The molecule has 0 aliphatic rings. The molecule has 6 aromatic carbocycles. The molecule has 0 heterocycles. The fourth-order valence-corrected chi connectivity index (χ4v) is 5.83. The van der Waals surface area contributed by atoms with Gasteiger partial charge in [0.15, 0.2) is 69.8 Å². The lowest BCUT2D eigenvalue weighted by atomic mass is 10.00. The number of phenolic OH excluding ortho intramolecular Hbond substituents is 3. The molecule has 0 aliphatic heterocycles. The molecule has 0 radical (unpaired) electrons. The van der Waals surface area contributed by atoms with Gasteiger partial charge in [0.2, 0.25) is 17.5 Å². The van der Waals surface area contributed by atoms with Gasteiger partial charge in [-0.25, -0.2) is 65.9 Å². The van der Waals surface area contributed by atoms with Crippen LogP contribution in [0.25, 0.3) is 0 Å². The highest BCUT2D eigenvalue weighted by atomic mass is 19.2. The largest absolute Gasteiger partial charge is 0.864 e. The summed E-state index contributed by atoms with van der Waals surface area (Å²) in [6.45, 7) is 0. The number of rotatable bonds is 12. The molecular formula is C39H18BF15O6. The molecule has 0 fully saturated rings. The van der Waals surface area contributed by atoms with E-state index in [0.717, 1.165) is 36.4 Å². The maximum absolute atomic E-state index is 14.8. The van der Waals surface area contributed by atoms with Gasteiger partial charge in [-0.3, -0.25) is 0 Å². The molecule has 3 N–H and O–H groups in total. The normalized spacial score (nSPS) is 11.3. The Hall–Kier alpha value is -6.87. The van der Waals surface area contributed by atoms with Crippen molar-refractivity contribution >= 4 is 7.32 Å². The Balaban J connectivity index is 1.48. The SMILES string of the molecule is Oc1ccc(OB(Oc2ccc(O)cc2Cc2c(F)c(F)c(F)c(F)c2F)Oc2ccc(O)cc2Cc2c(F)c(F)c(F)c(F)c2F)c(Cc2c(F)c(F)c(F)c(F)c2F)c1. The summed E-state index contributed by atoms with van der Waals surface area (Å²) in [6, 6.07) is 7.09. The van der Waals surface area contributed by atoms with E-state index in [9.17, 15) is 81.2 Å². The van der Waals surface area contributed by atoms with Gasteiger partial charge in [0.05, 0.1) is 0 Å². The van der Waals surface area contributed by atoms with Crippen LogP contribution in [0.5, 0.6) is 34.5 Å². The van der Waals surface area contributed by atoms with E-state index in [1.54, 1.807) is 0 Å². The number of hydrogen-bond donors (Lipinski definition) is 3. The first kappa shape index (κ1) is 43.7. The highest BCUT2D eigenvalue weighted by Crippen LogP contribution is 2.36. The van der Waals surface area contributed by atoms with Crippen molar-refractivity contribution in [1.82, 2.24) is 0 Å². The first-order valence-electron chi connectivity index (χ1n) is 16.7. The predicted molar refractivity (Wildman–Crippen MR) is 179 cm³/mol. The highest BCUT2D eigenvalue weighted by Gasteiger charge is 2.36. The molecule has 0 unspecified atom stereocenters. The van der Waals surface area contributed by atoms with Crippen molar-refractivity contribution in [3.05, 3.63) is 175 Å². The molecule has 6 nitrogen and oxygen atoms in total. The highest BCUT2D eigenvalue weighted by molar-refractivity contribution is 6.39. The summed E-state index contributed by atoms with van der Waals surface area (Å²) in [6.07, 6.45) is -3.76. The van der Waals surface area contributed by atoms with Crippen molar-refractivity contribution in [3.8, 4) is 34.5 Å². The summed E-state index contributed by atoms with van der Waals surface area (Å²) >= 11 is 0. The zero-order valence-corrected chi connectivity index (χ0v) is 29.6. The van der Waals surface area contributed by atoms with Crippen molar-refractivity contribution < 1.29 is 95.1 Å². The third-order valence-electron chi connectivity index (χ3n) is 8.81. The van der Waals surface area contributed by atoms with Crippen LogP contribution < -0.4 is 14.0 Å². The zero-order valence-electron chi connectivity index (χ0n) is 29.6. The van der Waals surface area contributed by atoms with Crippen molar-refractivity contribution in [2.75, 3.05) is 0 Å². The molecule has 0 spiro atoms. The minimum atomic E-state index is -2.51. The third kappa shape index (κ3) is 8.46. The van der Waals surface area contributed by atoms with Gasteiger partial charge < -0.3 is 29.3 Å². The Morgan fingerprint density at radius 2 is 0.508 bits per heavy atom. The van der Waals surface area contributed by atoms with Gasteiger partial charge in [0.25, 0.3) is 0 Å². The zero-order chi connectivity index (χ0) is 44.8. The van der Waals surface area contributed by atoms with Crippen molar-refractivity contribution in [1.29, 1.82) is 0 Å². The lowest BCUT2D eigenvalue weighted by Crippen LogP contribution is -2.38. The Bertz CT molecular complexity index is 2360. The topological polar surface area (TPSA) is 88.4 Å². The molecule has 0 amide bonds. The van der Waals surface area contributed by atoms with Crippen LogP contribution in [0.1, 0.15) is 33.4 Å². The second-order valence-electron chi connectivity index (χ2n) is 12.7. The Morgan fingerprint density at radius 1 is 0.311 bits per heavy atom. The van der Waals surface area contributed by atoms with Crippen LogP contribution in [0.2, 0.25) is 0 Å². The van der Waals surface area contributed by atoms with Crippen LogP contribution in [0.3, 0.4) is 0 Å². The molecule has 318 valence electrons. The van der Waals surface area contributed by atoms with Crippen molar-refractivity contribution in [2.45, 2.75) is 19.3 Å². The summed E-state index contributed by atoms with van der Waals surface area (Å²) in [4.78, 5) is 0. The molecule has 0 aromatic heterocycles. The maximum Gasteiger partial charge on any atom is 0.864 e. The summed E-state index contributed by atoms with van der Waals surface area (Å²) in [5.41, 5.74) is -6.17. The van der Waals surface area contributed by atoms with E-state index in [-0.39, 0.29) is 0 Å². The van der Waals surface area contributed by atoms with Crippen LogP contribution in [0, 0.1) is 87.3 Å². The summed E-state index contributed by atoms with van der Waals surface area (Å²) in [5.74, 6) is -39.7. The first-order valence-corrected chi connectivity index (χ1v) is 16.7. The average molecular weight is 878 g/mol. The maximum atomic E-state index is 14.8. The monoisotopic (exact) mass is 878 g/mol. The van der Waals surface area contributed by atoms with E-state index in [4.69, 9.17) is 14.0 Å². The van der Waals surface area contributed by atoms with Crippen molar-refractivity contribution in [2.24, 2.45) is 0 Å². The molecule has 61 heavy (non-hydrogen) atoms. The van der Waals surface area contributed by atoms with Gasteiger partial charge in [-0.05, 0) is 54.6 Å². The van der Waals surface area contributed by atoms with Gasteiger partial charge in [0.1, 0.15) is 34.5 Å². The smallest absolute Gasteiger partial charge is 0.508 e. The number of phenols is 3. The molecule has 0 atom stereocenters. The van der Waals surface area contributed by atoms with E-state index in [2.05, 4.69) is 0 Å². The van der Waals surface area contributed by atoms with Gasteiger partial charge in [-0.1, -0.05) is 0 Å². The van der Waals surface area contributed by atoms with Gasteiger partial charge in [0, 0.05) is 52.6 Å². The lowest BCUT2D eigenvalue weighted by Gasteiger charge is -2.22. The number of aromatic hydroxyl groups is 3. The van der Waals surface area contributed by atoms with Crippen LogP contribution >= 0.6 is 0 Å². The average Bonchev–Trinajstić information content (AvgIpc) is 3.23. The lowest BCUT2D eigenvalue weighted by molar-refractivity contribution is 0.302.